The number of nitrogens with zero attached hydrogens (tertiary/aromatic N) is 3. The molecule has 3 heterocycles. The van der Waals surface area contributed by atoms with Gasteiger partial charge < -0.3 is 14.5 Å². The van der Waals surface area contributed by atoms with E-state index in [9.17, 15) is 4.79 Å². The van der Waals surface area contributed by atoms with Gasteiger partial charge in [-0.3, -0.25) is 4.79 Å². The van der Waals surface area contributed by atoms with Crippen molar-refractivity contribution in [1.82, 2.24) is 14.8 Å². The fourth-order valence-electron chi connectivity index (χ4n) is 3.96. The number of aromatic nitrogens is 1. The van der Waals surface area contributed by atoms with Gasteiger partial charge in [0.1, 0.15) is 5.69 Å². The summed E-state index contributed by atoms with van der Waals surface area (Å²) in [5, 5.41) is 0. The van der Waals surface area contributed by atoms with Gasteiger partial charge in [0, 0.05) is 44.3 Å². The number of rotatable bonds is 3. The summed E-state index contributed by atoms with van der Waals surface area (Å²) >= 11 is 0. The lowest BCUT2D eigenvalue weighted by Gasteiger charge is -2.38. The molecule has 4 rings (SSSR count). The van der Waals surface area contributed by atoms with Crippen molar-refractivity contribution >= 4 is 5.91 Å². The number of carbonyl (C=O) groups excluding carboxylic acids is 1. The fourth-order valence-corrected chi connectivity index (χ4v) is 3.96. The van der Waals surface area contributed by atoms with E-state index in [4.69, 9.17) is 4.74 Å². The van der Waals surface area contributed by atoms with Crippen molar-refractivity contribution in [3.8, 4) is 0 Å². The monoisotopic (exact) mass is 329 g/mol. The Labute approximate surface area is 144 Å². The van der Waals surface area contributed by atoms with E-state index in [1.807, 2.05) is 30.0 Å². The van der Waals surface area contributed by atoms with Gasteiger partial charge in [-0.05, 0) is 44.2 Å². The lowest BCUT2D eigenvalue weighted by Crippen LogP contribution is -2.49. The van der Waals surface area contributed by atoms with E-state index < -0.39 is 0 Å². The number of likely N-dealkylation sites (tertiary alicyclic amines) is 1. The fraction of sp³-hybridized carbons (Fsp3) is 0.684. The molecule has 5 nitrogen and oxygen atoms in total. The summed E-state index contributed by atoms with van der Waals surface area (Å²) < 4.78 is 6.12. The molecule has 2 atom stereocenters. The van der Waals surface area contributed by atoms with Crippen LogP contribution in [0.15, 0.2) is 18.2 Å². The van der Waals surface area contributed by atoms with E-state index in [-0.39, 0.29) is 12.0 Å². The average Bonchev–Trinajstić information content (AvgIpc) is 3.40. The van der Waals surface area contributed by atoms with E-state index in [2.05, 4.69) is 9.88 Å². The van der Waals surface area contributed by atoms with Gasteiger partial charge in [0.25, 0.3) is 5.91 Å². The second-order valence-electron chi connectivity index (χ2n) is 7.58. The number of hydrogen-bond donors (Lipinski definition) is 0. The number of amides is 1. The molecule has 0 spiro atoms. The van der Waals surface area contributed by atoms with Crippen LogP contribution >= 0.6 is 0 Å². The van der Waals surface area contributed by atoms with Crippen LogP contribution in [0.5, 0.6) is 0 Å². The molecule has 2 saturated heterocycles. The maximum atomic E-state index is 12.7. The summed E-state index contributed by atoms with van der Waals surface area (Å²) in [6.07, 6.45) is 4.01. The largest absolute Gasteiger partial charge is 0.375 e. The third-order valence-corrected chi connectivity index (χ3v) is 5.54. The van der Waals surface area contributed by atoms with Gasteiger partial charge in [0.05, 0.1) is 12.7 Å². The number of carbonyl (C=O) groups is 1. The van der Waals surface area contributed by atoms with Gasteiger partial charge in [0.15, 0.2) is 0 Å². The summed E-state index contributed by atoms with van der Waals surface area (Å²) in [6.45, 7) is 7.64. The van der Waals surface area contributed by atoms with Crippen molar-refractivity contribution in [1.29, 1.82) is 0 Å². The predicted octanol–water partition coefficient (Wildman–Crippen LogP) is 1.96. The van der Waals surface area contributed by atoms with E-state index in [0.29, 0.717) is 18.2 Å². The summed E-state index contributed by atoms with van der Waals surface area (Å²) in [5.74, 6) is 1.52. The first kappa shape index (κ1) is 16.0. The van der Waals surface area contributed by atoms with Crippen molar-refractivity contribution in [3.63, 3.8) is 0 Å². The maximum absolute atomic E-state index is 12.7. The Hall–Kier alpha value is -1.46. The normalized spacial score (nSPS) is 28.3. The summed E-state index contributed by atoms with van der Waals surface area (Å²) in [7, 11) is 0. The van der Waals surface area contributed by atoms with E-state index >= 15 is 0 Å². The second kappa shape index (κ2) is 6.81. The predicted molar refractivity (Wildman–Crippen MR) is 91.9 cm³/mol. The minimum Gasteiger partial charge on any atom is -0.375 e. The highest BCUT2D eigenvalue weighted by atomic mass is 16.5. The molecule has 24 heavy (non-hydrogen) atoms. The highest BCUT2D eigenvalue weighted by Crippen LogP contribution is 2.31. The first-order valence-electron chi connectivity index (χ1n) is 9.26. The van der Waals surface area contributed by atoms with Crippen LogP contribution in [0.1, 0.15) is 35.4 Å². The van der Waals surface area contributed by atoms with E-state index in [1.165, 1.54) is 19.4 Å². The molecular formula is C19H27N3O2. The third kappa shape index (κ3) is 3.62. The Balaban J connectivity index is 1.39. The summed E-state index contributed by atoms with van der Waals surface area (Å²) in [4.78, 5) is 21.6. The average molecular weight is 329 g/mol. The van der Waals surface area contributed by atoms with Gasteiger partial charge in [-0.2, -0.15) is 0 Å². The van der Waals surface area contributed by atoms with Crippen LogP contribution in [0.2, 0.25) is 0 Å². The Bertz CT molecular complexity index is 602. The van der Waals surface area contributed by atoms with Gasteiger partial charge >= 0.3 is 0 Å². The molecular weight excluding hydrogens is 302 g/mol. The van der Waals surface area contributed by atoms with Crippen molar-refractivity contribution in [2.75, 3.05) is 39.3 Å². The van der Waals surface area contributed by atoms with Crippen LogP contribution < -0.4 is 0 Å². The molecule has 0 unspecified atom stereocenters. The van der Waals surface area contributed by atoms with Crippen LogP contribution in [0, 0.1) is 18.8 Å². The van der Waals surface area contributed by atoms with Gasteiger partial charge in [-0.25, -0.2) is 4.98 Å². The molecule has 130 valence electrons. The number of piperidine rings is 1. The number of hydrogen-bond acceptors (Lipinski definition) is 4. The topological polar surface area (TPSA) is 45.7 Å². The van der Waals surface area contributed by atoms with Crippen molar-refractivity contribution in [3.05, 3.63) is 29.6 Å². The minimum atomic E-state index is 0.0415. The van der Waals surface area contributed by atoms with Crippen molar-refractivity contribution in [2.24, 2.45) is 11.8 Å². The second-order valence-corrected chi connectivity index (χ2v) is 7.58. The molecule has 5 heteroatoms. The molecule has 0 N–H and O–H groups in total. The lowest BCUT2D eigenvalue weighted by molar-refractivity contribution is -0.0172. The first-order chi connectivity index (χ1) is 11.7. The van der Waals surface area contributed by atoms with Crippen LogP contribution in [0.4, 0.5) is 0 Å². The maximum Gasteiger partial charge on any atom is 0.272 e. The Morgan fingerprint density at radius 2 is 2.12 bits per heavy atom. The van der Waals surface area contributed by atoms with Gasteiger partial charge in [0.2, 0.25) is 0 Å². The Kier molecular flexibility index (Phi) is 4.55. The molecule has 0 bridgehead atoms. The highest BCUT2D eigenvalue weighted by Gasteiger charge is 2.36. The Morgan fingerprint density at radius 3 is 2.92 bits per heavy atom. The number of fused-ring (bicyclic) bond motifs is 1. The quantitative estimate of drug-likeness (QED) is 0.850. The van der Waals surface area contributed by atoms with Gasteiger partial charge in [-0.15, -0.1) is 0 Å². The molecule has 1 aromatic heterocycles. The first-order valence-corrected chi connectivity index (χ1v) is 9.26. The number of pyridine rings is 1. The molecule has 1 amide bonds. The van der Waals surface area contributed by atoms with Crippen molar-refractivity contribution < 1.29 is 9.53 Å². The molecule has 3 aliphatic rings. The lowest BCUT2D eigenvalue weighted by atomic mass is 9.93. The van der Waals surface area contributed by atoms with Crippen LogP contribution in [0.25, 0.3) is 0 Å². The smallest absolute Gasteiger partial charge is 0.272 e. The molecule has 3 fully saturated rings. The zero-order valence-electron chi connectivity index (χ0n) is 14.5. The summed E-state index contributed by atoms with van der Waals surface area (Å²) in [6, 6.07) is 5.64. The third-order valence-electron chi connectivity index (χ3n) is 5.54. The highest BCUT2D eigenvalue weighted by molar-refractivity contribution is 5.92. The van der Waals surface area contributed by atoms with Gasteiger partial charge in [-0.1, -0.05) is 6.07 Å². The molecule has 1 saturated carbocycles. The van der Waals surface area contributed by atoms with Crippen LogP contribution in [-0.2, 0) is 4.74 Å². The van der Waals surface area contributed by atoms with Crippen LogP contribution in [-0.4, -0.2) is 66.1 Å². The standard InChI is InChI=1S/C19H27N3O2/c1-14-3-2-4-17(20-14)19(23)22-8-7-16-12-21(11-15-5-6-15)9-10-24-18(16)13-22/h2-4,15-16,18H,5-13H2,1H3/t16-,18-/m1/s1. The Morgan fingerprint density at radius 1 is 1.25 bits per heavy atom. The number of aryl methyl sites for hydroxylation is 1. The SMILES string of the molecule is Cc1cccc(C(=O)N2CC[C@@H]3CN(CC4CC4)CCO[C@@H]3C2)n1. The zero-order chi connectivity index (χ0) is 16.5. The van der Waals surface area contributed by atoms with E-state index in [1.54, 1.807) is 0 Å². The molecule has 0 aromatic carbocycles. The summed E-state index contributed by atoms with van der Waals surface area (Å²) in [5.41, 5.74) is 1.44. The van der Waals surface area contributed by atoms with E-state index in [0.717, 1.165) is 44.3 Å². The van der Waals surface area contributed by atoms with Crippen molar-refractivity contribution in [2.45, 2.75) is 32.3 Å². The molecule has 1 aliphatic carbocycles. The minimum absolute atomic E-state index is 0.0415. The zero-order valence-corrected chi connectivity index (χ0v) is 14.5. The number of ether oxygens (including phenoxy) is 1. The molecule has 1 aromatic rings. The molecule has 2 aliphatic heterocycles. The van der Waals surface area contributed by atoms with Crippen LogP contribution in [0.3, 0.4) is 0 Å². The molecule has 0 radical (unpaired) electrons.